The van der Waals surface area contributed by atoms with Crippen molar-refractivity contribution in [1.29, 1.82) is 0 Å². The van der Waals surface area contributed by atoms with E-state index in [1.165, 1.54) is 12.3 Å². The fraction of sp³-hybridized carbons (Fsp3) is 0.500. The number of nitrogens with zero attached hydrogens (tertiary/aromatic N) is 1. The summed E-state index contributed by atoms with van der Waals surface area (Å²) in [5.41, 5.74) is 0.627. The molecule has 0 saturated heterocycles. The van der Waals surface area contributed by atoms with Crippen LogP contribution in [0.5, 0.6) is 5.88 Å². The zero-order valence-corrected chi connectivity index (χ0v) is 8.50. The highest BCUT2D eigenvalue weighted by Crippen LogP contribution is 2.21. The number of aromatic nitrogens is 1. The lowest BCUT2D eigenvalue weighted by Crippen LogP contribution is -2.10. The third-order valence-electron chi connectivity index (χ3n) is 1.83. The second-order valence-corrected chi connectivity index (χ2v) is 3.23. The molecule has 90 valence electrons. The van der Waals surface area contributed by atoms with Crippen LogP contribution in [0, 0.1) is 0 Å². The number of pyridine rings is 1. The van der Waals surface area contributed by atoms with E-state index in [0.717, 1.165) is 0 Å². The molecule has 1 N–H and O–H groups in total. The zero-order chi connectivity index (χ0) is 12.0. The number of aliphatic hydroxyl groups excluding tert-OH is 1. The normalized spacial score (nSPS) is 11.5. The van der Waals surface area contributed by atoms with Gasteiger partial charge in [-0.15, -0.1) is 0 Å². The summed E-state index contributed by atoms with van der Waals surface area (Å²) >= 11 is 0. The summed E-state index contributed by atoms with van der Waals surface area (Å²) in [6.07, 6.45) is -3.68. The van der Waals surface area contributed by atoms with E-state index in [0.29, 0.717) is 5.56 Å². The number of aliphatic hydroxyl groups is 1. The Balaban J connectivity index is 2.27. The molecule has 0 fully saturated rings. The van der Waals surface area contributed by atoms with Crippen LogP contribution in [-0.2, 0) is 6.61 Å². The van der Waals surface area contributed by atoms with Crippen LogP contribution in [0.1, 0.15) is 18.4 Å². The van der Waals surface area contributed by atoms with Crippen LogP contribution in [0.15, 0.2) is 18.3 Å². The Labute approximate surface area is 90.9 Å². The van der Waals surface area contributed by atoms with E-state index in [4.69, 9.17) is 9.84 Å². The Morgan fingerprint density at radius 2 is 2.06 bits per heavy atom. The zero-order valence-electron chi connectivity index (χ0n) is 8.50. The van der Waals surface area contributed by atoms with Crippen LogP contribution in [0.25, 0.3) is 0 Å². The first-order valence-corrected chi connectivity index (χ1v) is 4.76. The van der Waals surface area contributed by atoms with Gasteiger partial charge >= 0.3 is 6.18 Å². The highest BCUT2D eigenvalue weighted by molar-refractivity contribution is 5.16. The lowest BCUT2D eigenvalue weighted by molar-refractivity contribution is -0.136. The summed E-state index contributed by atoms with van der Waals surface area (Å²) in [5.74, 6) is 0.263. The number of hydrogen-bond donors (Lipinski definition) is 1. The Kier molecular flexibility index (Phi) is 4.54. The average molecular weight is 235 g/mol. The molecule has 0 atom stereocenters. The van der Waals surface area contributed by atoms with Gasteiger partial charge in [-0.05, 0) is 18.1 Å². The van der Waals surface area contributed by atoms with E-state index in [9.17, 15) is 13.2 Å². The maximum absolute atomic E-state index is 11.8. The number of hydrogen-bond acceptors (Lipinski definition) is 3. The highest BCUT2D eigenvalue weighted by atomic mass is 19.4. The van der Waals surface area contributed by atoms with Gasteiger partial charge in [0, 0.05) is 18.7 Å². The van der Waals surface area contributed by atoms with Gasteiger partial charge in [0.15, 0.2) is 0 Å². The largest absolute Gasteiger partial charge is 0.478 e. The number of alkyl halides is 3. The first-order chi connectivity index (χ1) is 7.51. The number of halogens is 3. The summed E-state index contributed by atoms with van der Waals surface area (Å²) in [6, 6.07) is 3.12. The molecule has 0 aromatic carbocycles. The lowest BCUT2D eigenvalue weighted by Gasteiger charge is -2.07. The van der Waals surface area contributed by atoms with Crippen molar-refractivity contribution in [3.05, 3.63) is 23.9 Å². The molecule has 0 aliphatic carbocycles. The summed E-state index contributed by atoms with van der Waals surface area (Å²) < 4.78 is 40.4. The first kappa shape index (κ1) is 12.8. The van der Waals surface area contributed by atoms with Gasteiger partial charge in [0.05, 0.1) is 13.2 Å². The van der Waals surface area contributed by atoms with Crippen molar-refractivity contribution in [1.82, 2.24) is 4.98 Å². The molecule has 1 aromatic heterocycles. The summed E-state index contributed by atoms with van der Waals surface area (Å²) in [4.78, 5) is 3.82. The molecule has 0 radical (unpaired) electrons. The van der Waals surface area contributed by atoms with Crippen molar-refractivity contribution in [2.75, 3.05) is 6.61 Å². The SMILES string of the molecule is OCc1ccc(OCCCC(F)(F)F)nc1. The van der Waals surface area contributed by atoms with Crippen LogP contribution in [0.2, 0.25) is 0 Å². The fourth-order valence-corrected chi connectivity index (χ4v) is 1.04. The predicted octanol–water partition coefficient (Wildman–Crippen LogP) is 2.30. The monoisotopic (exact) mass is 235 g/mol. The van der Waals surface area contributed by atoms with Crippen LogP contribution in [0.4, 0.5) is 13.2 Å². The van der Waals surface area contributed by atoms with Gasteiger partial charge in [-0.25, -0.2) is 4.98 Å². The van der Waals surface area contributed by atoms with Gasteiger partial charge in [-0.1, -0.05) is 0 Å². The Morgan fingerprint density at radius 1 is 1.31 bits per heavy atom. The lowest BCUT2D eigenvalue weighted by atomic mass is 10.3. The van der Waals surface area contributed by atoms with Gasteiger partial charge in [0.25, 0.3) is 0 Å². The molecule has 0 aliphatic rings. The fourth-order valence-electron chi connectivity index (χ4n) is 1.04. The molecular formula is C10H12F3NO2. The second kappa shape index (κ2) is 5.69. The van der Waals surface area contributed by atoms with E-state index in [1.807, 2.05) is 0 Å². The van der Waals surface area contributed by atoms with E-state index in [2.05, 4.69) is 4.98 Å². The van der Waals surface area contributed by atoms with Gasteiger partial charge < -0.3 is 9.84 Å². The Hall–Kier alpha value is -1.30. The topological polar surface area (TPSA) is 42.4 Å². The maximum Gasteiger partial charge on any atom is 0.389 e. The predicted molar refractivity (Wildman–Crippen MR) is 50.9 cm³/mol. The van der Waals surface area contributed by atoms with Crippen molar-refractivity contribution in [2.24, 2.45) is 0 Å². The van der Waals surface area contributed by atoms with Crippen LogP contribution < -0.4 is 4.74 Å². The van der Waals surface area contributed by atoms with Crippen LogP contribution in [0.3, 0.4) is 0 Å². The molecule has 0 unspecified atom stereocenters. The molecule has 0 spiro atoms. The van der Waals surface area contributed by atoms with Crippen molar-refractivity contribution in [3.8, 4) is 5.88 Å². The van der Waals surface area contributed by atoms with E-state index in [1.54, 1.807) is 6.07 Å². The second-order valence-electron chi connectivity index (χ2n) is 3.23. The third kappa shape index (κ3) is 4.97. The van der Waals surface area contributed by atoms with Crippen molar-refractivity contribution >= 4 is 0 Å². The summed E-state index contributed by atoms with van der Waals surface area (Å²) in [6.45, 7) is -0.146. The summed E-state index contributed by atoms with van der Waals surface area (Å²) in [5, 5.41) is 8.73. The molecule has 1 aromatic rings. The van der Waals surface area contributed by atoms with Gasteiger partial charge in [-0.2, -0.15) is 13.2 Å². The molecule has 1 rings (SSSR count). The molecule has 0 bridgehead atoms. The molecule has 1 heterocycles. The maximum atomic E-state index is 11.8. The number of rotatable bonds is 5. The molecule has 3 nitrogen and oxygen atoms in total. The molecule has 0 aliphatic heterocycles. The van der Waals surface area contributed by atoms with E-state index < -0.39 is 12.6 Å². The third-order valence-corrected chi connectivity index (χ3v) is 1.83. The minimum Gasteiger partial charge on any atom is -0.478 e. The van der Waals surface area contributed by atoms with Gasteiger partial charge in [-0.3, -0.25) is 0 Å². The Bertz CT molecular complexity index is 311. The van der Waals surface area contributed by atoms with Crippen LogP contribution >= 0.6 is 0 Å². The van der Waals surface area contributed by atoms with Gasteiger partial charge in [0.1, 0.15) is 0 Å². The molecule has 0 amide bonds. The number of ether oxygens (including phenoxy) is 1. The first-order valence-electron chi connectivity index (χ1n) is 4.76. The molecule has 0 saturated carbocycles. The molecular weight excluding hydrogens is 223 g/mol. The average Bonchev–Trinajstić information content (AvgIpc) is 2.24. The van der Waals surface area contributed by atoms with Crippen molar-refractivity contribution in [2.45, 2.75) is 25.6 Å². The minimum atomic E-state index is -4.14. The van der Waals surface area contributed by atoms with Crippen molar-refractivity contribution in [3.63, 3.8) is 0 Å². The molecule has 6 heteroatoms. The quantitative estimate of drug-likeness (QED) is 0.796. The van der Waals surface area contributed by atoms with Gasteiger partial charge in [0.2, 0.25) is 5.88 Å². The summed E-state index contributed by atoms with van der Waals surface area (Å²) in [7, 11) is 0. The van der Waals surface area contributed by atoms with E-state index in [-0.39, 0.29) is 25.5 Å². The smallest absolute Gasteiger partial charge is 0.389 e. The minimum absolute atomic E-state index is 0.0228. The van der Waals surface area contributed by atoms with Crippen molar-refractivity contribution < 1.29 is 23.0 Å². The Morgan fingerprint density at radius 3 is 2.56 bits per heavy atom. The van der Waals surface area contributed by atoms with E-state index >= 15 is 0 Å². The standard InChI is InChI=1S/C10H12F3NO2/c11-10(12,13)4-1-5-16-9-3-2-8(7-15)6-14-9/h2-3,6,15H,1,4-5,7H2. The van der Waals surface area contributed by atoms with Crippen LogP contribution in [-0.4, -0.2) is 22.9 Å². The highest BCUT2D eigenvalue weighted by Gasteiger charge is 2.26. The molecule has 16 heavy (non-hydrogen) atoms.